The van der Waals surface area contributed by atoms with Crippen molar-refractivity contribution in [2.24, 2.45) is 11.8 Å². The molecule has 0 aliphatic carbocycles. The molecular weight excluding hydrogens is 248 g/mol. The van der Waals surface area contributed by atoms with Gasteiger partial charge in [0.05, 0.1) is 5.92 Å². The van der Waals surface area contributed by atoms with Gasteiger partial charge in [0.15, 0.2) is 0 Å². The van der Waals surface area contributed by atoms with Crippen LogP contribution < -0.4 is 0 Å². The fraction of sp³-hybridized carbons (Fsp3) is 0.588. The predicted molar refractivity (Wildman–Crippen MR) is 80.2 cm³/mol. The van der Waals surface area contributed by atoms with E-state index in [1.807, 2.05) is 4.90 Å². The first-order chi connectivity index (χ1) is 9.78. The summed E-state index contributed by atoms with van der Waals surface area (Å²) in [4.78, 5) is 16.5. The molecule has 0 spiro atoms. The van der Waals surface area contributed by atoms with E-state index in [2.05, 4.69) is 42.2 Å². The first-order valence-electron chi connectivity index (χ1n) is 7.83. The highest BCUT2D eigenvalue weighted by Gasteiger charge is 2.41. The maximum Gasteiger partial charge on any atom is 0.227 e. The fourth-order valence-corrected chi connectivity index (χ4v) is 3.52. The second-order valence-corrected chi connectivity index (χ2v) is 6.08. The lowest BCUT2D eigenvalue weighted by atomic mass is 9.79. The van der Waals surface area contributed by atoms with Crippen molar-refractivity contribution in [3.63, 3.8) is 0 Å². The van der Waals surface area contributed by atoms with Crippen molar-refractivity contribution < 1.29 is 4.79 Å². The summed E-state index contributed by atoms with van der Waals surface area (Å²) < 4.78 is 0. The monoisotopic (exact) mass is 272 g/mol. The fourth-order valence-electron chi connectivity index (χ4n) is 3.52. The van der Waals surface area contributed by atoms with Gasteiger partial charge in [-0.05, 0) is 44.3 Å². The van der Waals surface area contributed by atoms with Crippen LogP contribution in [0.1, 0.15) is 25.3 Å². The Bertz CT molecular complexity index is 451. The van der Waals surface area contributed by atoms with Crippen LogP contribution in [0.5, 0.6) is 0 Å². The lowest BCUT2D eigenvalue weighted by Gasteiger charge is -2.44. The van der Waals surface area contributed by atoms with E-state index in [1.54, 1.807) is 0 Å². The number of piperidine rings is 1. The molecule has 108 valence electrons. The van der Waals surface area contributed by atoms with Crippen LogP contribution in [0.2, 0.25) is 0 Å². The van der Waals surface area contributed by atoms with Gasteiger partial charge >= 0.3 is 0 Å². The summed E-state index contributed by atoms with van der Waals surface area (Å²) >= 11 is 0. The van der Waals surface area contributed by atoms with Crippen molar-refractivity contribution in [1.82, 2.24) is 9.80 Å². The molecule has 2 aliphatic heterocycles. The van der Waals surface area contributed by atoms with Crippen molar-refractivity contribution in [2.45, 2.75) is 26.3 Å². The predicted octanol–water partition coefficient (Wildman–Crippen LogP) is 2.38. The molecule has 1 aromatic carbocycles. The Balaban J connectivity index is 1.47. The lowest BCUT2D eigenvalue weighted by Crippen LogP contribution is -2.56. The number of carbonyl (C=O) groups excluding carboxylic acids is 1. The maximum atomic E-state index is 12.0. The van der Waals surface area contributed by atoms with E-state index in [9.17, 15) is 4.79 Å². The van der Waals surface area contributed by atoms with Crippen LogP contribution in [0.15, 0.2) is 30.3 Å². The normalized spacial score (nSPS) is 24.8. The second-order valence-electron chi connectivity index (χ2n) is 6.08. The third-order valence-electron chi connectivity index (χ3n) is 4.88. The molecule has 0 bridgehead atoms. The van der Waals surface area contributed by atoms with Gasteiger partial charge in [0.2, 0.25) is 5.91 Å². The van der Waals surface area contributed by atoms with Gasteiger partial charge in [-0.15, -0.1) is 0 Å². The third-order valence-corrected chi connectivity index (χ3v) is 4.88. The number of hydrogen-bond acceptors (Lipinski definition) is 2. The molecule has 2 saturated heterocycles. The van der Waals surface area contributed by atoms with Gasteiger partial charge in [0, 0.05) is 19.6 Å². The molecule has 3 heteroatoms. The summed E-state index contributed by atoms with van der Waals surface area (Å²) in [5, 5.41) is 0. The van der Waals surface area contributed by atoms with Crippen LogP contribution in [0, 0.1) is 11.8 Å². The number of β-lactam (4-membered cyclic amide) rings is 1. The van der Waals surface area contributed by atoms with E-state index in [-0.39, 0.29) is 0 Å². The molecule has 0 N–H and O–H groups in total. The Morgan fingerprint density at radius 3 is 2.45 bits per heavy atom. The number of hydrogen-bond donors (Lipinski definition) is 0. The molecule has 2 fully saturated rings. The van der Waals surface area contributed by atoms with Gasteiger partial charge in [-0.1, -0.05) is 30.3 Å². The summed E-state index contributed by atoms with van der Waals surface area (Å²) in [6.07, 6.45) is 2.36. The molecule has 0 radical (unpaired) electrons. The van der Waals surface area contributed by atoms with Crippen LogP contribution in [0.25, 0.3) is 0 Å². The molecule has 0 saturated carbocycles. The van der Waals surface area contributed by atoms with Gasteiger partial charge in [-0.3, -0.25) is 9.69 Å². The number of likely N-dealkylation sites (tertiary alicyclic amines) is 2. The number of amides is 1. The van der Waals surface area contributed by atoms with E-state index in [4.69, 9.17) is 0 Å². The van der Waals surface area contributed by atoms with E-state index in [1.165, 1.54) is 18.4 Å². The van der Waals surface area contributed by atoms with E-state index in [0.29, 0.717) is 17.7 Å². The largest absolute Gasteiger partial charge is 0.342 e. The minimum Gasteiger partial charge on any atom is -0.342 e. The highest BCUT2D eigenvalue weighted by atomic mass is 16.2. The molecule has 0 aromatic heterocycles. The van der Waals surface area contributed by atoms with Crippen molar-refractivity contribution in [3.8, 4) is 0 Å². The van der Waals surface area contributed by atoms with Gasteiger partial charge in [0.1, 0.15) is 0 Å². The Hall–Kier alpha value is -1.35. The summed E-state index contributed by atoms with van der Waals surface area (Å²) in [6, 6.07) is 10.7. The Morgan fingerprint density at radius 2 is 1.85 bits per heavy atom. The van der Waals surface area contributed by atoms with Crippen LogP contribution in [-0.2, 0) is 11.3 Å². The van der Waals surface area contributed by atoms with Crippen molar-refractivity contribution in [3.05, 3.63) is 35.9 Å². The van der Waals surface area contributed by atoms with E-state index < -0.39 is 0 Å². The third kappa shape index (κ3) is 2.73. The van der Waals surface area contributed by atoms with Crippen LogP contribution in [-0.4, -0.2) is 41.9 Å². The number of nitrogens with zero attached hydrogens (tertiary/aromatic N) is 2. The van der Waals surface area contributed by atoms with Crippen molar-refractivity contribution >= 4 is 5.91 Å². The smallest absolute Gasteiger partial charge is 0.227 e. The standard InChI is InChI=1S/C17H24N2O/c1-2-19-13-16(17(19)20)15-8-10-18(11-9-15)12-14-6-4-3-5-7-14/h3-7,15-16H,2,8-13H2,1H3. The quantitative estimate of drug-likeness (QED) is 0.786. The van der Waals surface area contributed by atoms with Gasteiger partial charge in [-0.2, -0.15) is 0 Å². The van der Waals surface area contributed by atoms with Crippen molar-refractivity contribution in [1.29, 1.82) is 0 Å². The zero-order valence-corrected chi connectivity index (χ0v) is 12.3. The molecule has 2 aliphatic rings. The van der Waals surface area contributed by atoms with Gasteiger partial charge in [-0.25, -0.2) is 0 Å². The summed E-state index contributed by atoms with van der Waals surface area (Å²) in [7, 11) is 0. The summed E-state index contributed by atoms with van der Waals surface area (Å²) in [6.45, 7) is 7.26. The molecule has 1 unspecified atom stereocenters. The van der Waals surface area contributed by atoms with E-state index in [0.717, 1.165) is 32.7 Å². The highest BCUT2D eigenvalue weighted by molar-refractivity contribution is 5.84. The van der Waals surface area contributed by atoms with Gasteiger partial charge in [0.25, 0.3) is 0 Å². The van der Waals surface area contributed by atoms with Crippen molar-refractivity contribution in [2.75, 3.05) is 26.2 Å². The molecule has 20 heavy (non-hydrogen) atoms. The summed E-state index contributed by atoms with van der Waals surface area (Å²) in [5.74, 6) is 1.35. The number of rotatable bonds is 4. The zero-order valence-electron chi connectivity index (χ0n) is 12.3. The topological polar surface area (TPSA) is 23.6 Å². The Kier molecular flexibility index (Phi) is 4.06. The molecule has 1 aromatic rings. The number of carbonyl (C=O) groups is 1. The minimum absolute atomic E-state index is 0.328. The average molecular weight is 272 g/mol. The molecule has 1 amide bonds. The first kappa shape index (κ1) is 13.6. The lowest BCUT2D eigenvalue weighted by molar-refractivity contribution is -0.151. The Labute approximate surface area is 121 Å². The minimum atomic E-state index is 0.328. The van der Waals surface area contributed by atoms with Crippen LogP contribution in [0.4, 0.5) is 0 Å². The average Bonchev–Trinajstić information content (AvgIpc) is 2.49. The Morgan fingerprint density at radius 1 is 1.15 bits per heavy atom. The first-order valence-corrected chi connectivity index (χ1v) is 7.83. The van der Waals surface area contributed by atoms with Gasteiger partial charge < -0.3 is 4.90 Å². The zero-order chi connectivity index (χ0) is 13.9. The highest BCUT2D eigenvalue weighted by Crippen LogP contribution is 2.32. The molecule has 1 atom stereocenters. The summed E-state index contributed by atoms with van der Waals surface area (Å²) in [5.41, 5.74) is 1.39. The molecule has 3 nitrogen and oxygen atoms in total. The van der Waals surface area contributed by atoms with E-state index >= 15 is 0 Å². The SMILES string of the molecule is CCN1CC(C2CCN(Cc3ccccc3)CC2)C1=O. The van der Waals surface area contributed by atoms with Crippen LogP contribution >= 0.6 is 0 Å². The second kappa shape index (κ2) is 5.96. The molecule has 2 heterocycles. The van der Waals surface area contributed by atoms with Crippen LogP contribution in [0.3, 0.4) is 0 Å². The molecular formula is C17H24N2O. The number of benzene rings is 1. The molecule has 3 rings (SSSR count). The maximum absolute atomic E-state index is 12.0.